The van der Waals surface area contributed by atoms with Crippen molar-refractivity contribution in [1.29, 1.82) is 0 Å². The lowest BCUT2D eigenvalue weighted by atomic mass is 9.99. The lowest BCUT2D eigenvalue weighted by Crippen LogP contribution is -2.46. The zero-order valence-electron chi connectivity index (χ0n) is 14.6. The van der Waals surface area contributed by atoms with Gasteiger partial charge in [-0.15, -0.1) is 0 Å². The molecule has 2 N–H and O–H groups in total. The number of likely N-dealkylation sites (tertiary alicyclic amines) is 1. The normalized spacial score (nSPS) is 22.5. The summed E-state index contributed by atoms with van der Waals surface area (Å²) in [5.74, 6) is -0.000242. The van der Waals surface area contributed by atoms with Crippen LogP contribution in [-0.4, -0.2) is 45.5 Å². The highest BCUT2D eigenvalue weighted by Crippen LogP contribution is 2.22. The standard InChI is InChI=1S/C19H23N5O2/c25-18-15-5-3-6-16(22-18)12-24(11-15)19(26)21-10-14-4-1-2-7-17(14)23-9-8-20-13-23/h1-2,4,7-9,13,15-16H,3,5-6,10-12H2,(H,21,26)(H,22,25). The highest BCUT2D eigenvalue weighted by atomic mass is 16.2. The number of benzene rings is 1. The minimum atomic E-state index is -0.112. The Hall–Kier alpha value is -2.83. The van der Waals surface area contributed by atoms with E-state index in [4.69, 9.17) is 0 Å². The van der Waals surface area contributed by atoms with Gasteiger partial charge in [-0.05, 0) is 24.5 Å². The number of aromatic nitrogens is 2. The number of urea groups is 1. The van der Waals surface area contributed by atoms with Gasteiger partial charge in [0.05, 0.1) is 17.9 Å². The average molecular weight is 353 g/mol. The number of rotatable bonds is 3. The summed E-state index contributed by atoms with van der Waals surface area (Å²) in [5, 5.41) is 6.07. The third-order valence-electron chi connectivity index (χ3n) is 5.20. The molecule has 1 aromatic heterocycles. The SMILES string of the molecule is O=C1NC2CCCC1CN(C(=O)NCc1ccccc1-n1ccnc1)C2. The molecule has 7 heteroatoms. The van der Waals surface area contributed by atoms with Crippen LogP contribution >= 0.6 is 0 Å². The topological polar surface area (TPSA) is 79.3 Å². The number of hydrogen-bond acceptors (Lipinski definition) is 3. The van der Waals surface area contributed by atoms with Crippen LogP contribution in [0.3, 0.4) is 0 Å². The van der Waals surface area contributed by atoms with E-state index in [-0.39, 0.29) is 23.9 Å². The van der Waals surface area contributed by atoms with Gasteiger partial charge in [0.15, 0.2) is 0 Å². The van der Waals surface area contributed by atoms with E-state index in [9.17, 15) is 9.59 Å². The number of carbonyl (C=O) groups is 2. The largest absolute Gasteiger partial charge is 0.351 e. The van der Waals surface area contributed by atoms with Gasteiger partial charge < -0.3 is 20.1 Å². The van der Waals surface area contributed by atoms with Crippen molar-refractivity contribution in [3.05, 3.63) is 48.5 Å². The maximum absolute atomic E-state index is 12.7. The van der Waals surface area contributed by atoms with Gasteiger partial charge in [0.2, 0.25) is 5.91 Å². The molecule has 3 amide bonds. The fraction of sp³-hybridized carbons (Fsp3) is 0.421. The molecule has 1 aromatic carbocycles. The first kappa shape index (κ1) is 16.6. The van der Waals surface area contributed by atoms with Gasteiger partial charge >= 0.3 is 6.03 Å². The number of nitrogens with one attached hydrogen (secondary N) is 2. The molecule has 2 saturated heterocycles. The molecule has 2 aromatic rings. The molecule has 2 aliphatic heterocycles. The zero-order chi connectivity index (χ0) is 17.9. The molecule has 2 atom stereocenters. The molecule has 2 bridgehead atoms. The van der Waals surface area contributed by atoms with E-state index < -0.39 is 0 Å². The van der Waals surface area contributed by atoms with E-state index in [0.29, 0.717) is 19.6 Å². The summed E-state index contributed by atoms with van der Waals surface area (Å²) in [4.78, 5) is 30.7. The highest BCUT2D eigenvalue weighted by Gasteiger charge is 2.34. The predicted molar refractivity (Wildman–Crippen MR) is 96.6 cm³/mol. The van der Waals surface area contributed by atoms with Crippen molar-refractivity contribution < 1.29 is 9.59 Å². The average Bonchev–Trinajstić information content (AvgIpc) is 3.04. The Kier molecular flexibility index (Phi) is 4.60. The summed E-state index contributed by atoms with van der Waals surface area (Å²) in [6, 6.07) is 7.88. The maximum atomic E-state index is 12.7. The number of amides is 3. The van der Waals surface area contributed by atoms with Crippen LogP contribution in [0.25, 0.3) is 5.69 Å². The van der Waals surface area contributed by atoms with Crippen molar-refractivity contribution in [2.24, 2.45) is 5.92 Å². The van der Waals surface area contributed by atoms with Crippen LogP contribution in [0.15, 0.2) is 43.0 Å². The Morgan fingerprint density at radius 1 is 1.27 bits per heavy atom. The number of imidazole rings is 1. The van der Waals surface area contributed by atoms with E-state index in [1.54, 1.807) is 17.4 Å². The lowest BCUT2D eigenvalue weighted by Gasteiger charge is -2.27. The second kappa shape index (κ2) is 7.19. The second-order valence-corrected chi connectivity index (χ2v) is 7.00. The summed E-state index contributed by atoms with van der Waals surface area (Å²) in [6.07, 6.45) is 8.20. The van der Waals surface area contributed by atoms with Crippen LogP contribution in [0.5, 0.6) is 0 Å². The summed E-state index contributed by atoms with van der Waals surface area (Å²) in [5.41, 5.74) is 2.01. The third kappa shape index (κ3) is 3.42. The van der Waals surface area contributed by atoms with Gasteiger partial charge in [0.25, 0.3) is 0 Å². The Bertz CT molecular complexity index is 789. The number of para-hydroxylation sites is 1. The van der Waals surface area contributed by atoms with Gasteiger partial charge in [-0.3, -0.25) is 4.79 Å². The molecule has 0 spiro atoms. The minimum Gasteiger partial charge on any atom is -0.351 e. The summed E-state index contributed by atoms with van der Waals surface area (Å²) < 4.78 is 1.93. The van der Waals surface area contributed by atoms with Gasteiger partial charge in [-0.1, -0.05) is 24.6 Å². The van der Waals surface area contributed by atoms with Crippen molar-refractivity contribution in [3.63, 3.8) is 0 Å². The molecule has 0 saturated carbocycles. The number of hydrogen-bond donors (Lipinski definition) is 2. The molecular weight excluding hydrogens is 330 g/mol. The number of fused-ring (bicyclic) bond motifs is 3. The van der Waals surface area contributed by atoms with E-state index >= 15 is 0 Å². The highest BCUT2D eigenvalue weighted by molar-refractivity contribution is 5.82. The molecule has 2 fully saturated rings. The maximum Gasteiger partial charge on any atom is 0.317 e. The second-order valence-electron chi connectivity index (χ2n) is 7.00. The quantitative estimate of drug-likeness (QED) is 0.881. The smallest absolute Gasteiger partial charge is 0.317 e. The van der Waals surface area contributed by atoms with Crippen LogP contribution in [0.4, 0.5) is 4.79 Å². The van der Waals surface area contributed by atoms with Gasteiger partial charge in [-0.25, -0.2) is 9.78 Å². The Morgan fingerprint density at radius 2 is 2.15 bits per heavy atom. The first-order valence-corrected chi connectivity index (χ1v) is 9.10. The molecule has 26 heavy (non-hydrogen) atoms. The van der Waals surface area contributed by atoms with Gasteiger partial charge in [0.1, 0.15) is 0 Å². The summed E-state index contributed by atoms with van der Waals surface area (Å²) in [6.45, 7) is 1.51. The van der Waals surface area contributed by atoms with Crippen molar-refractivity contribution in [1.82, 2.24) is 25.1 Å². The Balaban J connectivity index is 1.44. The number of nitrogens with zero attached hydrogens (tertiary/aromatic N) is 3. The van der Waals surface area contributed by atoms with Gasteiger partial charge in [-0.2, -0.15) is 0 Å². The van der Waals surface area contributed by atoms with Crippen LogP contribution < -0.4 is 10.6 Å². The molecule has 0 aliphatic carbocycles. The molecule has 136 valence electrons. The van der Waals surface area contributed by atoms with E-state index in [1.165, 1.54) is 0 Å². The van der Waals surface area contributed by atoms with Crippen molar-refractivity contribution in [2.45, 2.75) is 31.8 Å². The van der Waals surface area contributed by atoms with Crippen LogP contribution in [0.2, 0.25) is 0 Å². The molecule has 0 radical (unpaired) electrons. The van der Waals surface area contributed by atoms with E-state index in [0.717, 1.165) is 30.5 Å². The Morgan fingerprint density at radius 3 is 3.00 bits per heavy atom. The predicted octanol–water partition coefficient (Wildman–Crippen LogP) is 1.68. The lowest BCUT2D eigenvalue weighted by molar-refractivity contribution is -0.124. The minimum absolute atomic E-state index is 0.0685. The van der Waals surface area contributed by atoms with Crippen molar-refractivity contribution >= 4 is 11.9 Å². The van der Waals surface area contributed by atoms with Crippen LogP contribution in [0, 0.1) is 5.92 Å². The van der Waals surface area contributed by atoms with Gasteiger partial charge in [0, 0.05) is 38.1 Å². The van der Waals surface area contributed by atoms with Crippen LogP contribution in [0.1, 0.15) is 24.8 Å². The molecule has 4 rings (SSSR count). The van der Waals surface area contributed by atoms with Crippen molar-refractivity contribution in [2.75, 3.05) is 13.1 Å². The fourth-order valence-electron chi connectivity index (χ4n) is 3.81. The fourth-order valence-corrected chi connectivity index (χ4v) is 3.81. The van der Waals surface area contributed by atoms with Crippen molar-refractivity contribution in [3.8, 4) is 5.69 Å². The Labute approximate surface area is 152 Å². The van der Waals surface area contributed by atoms with E-state index in [1.807, 2.05) is 35.0 Å². The molecule has 2 unspecified atom stereocenters. The first-order chi connectivity index (χ1) is 12.7. The monoisotopic (exact) mass is 353 g/mol. The molecule has 3 heterocycles. The zero-order valence-corrected chi connectivity index (χ0v) is 14.6. The summed E-state index contributed by atoms with van der Waals surface area (Å²) in [7, 11) is 0. The first-order valence-electron chi connectivity index (χ1n) is 9.10. The van der Waals surface area contributed by atoms with E-state index in [2.05, 4.69) is 15.6 Å². The summed E-state index contributed by atoms with van der Waals surface area (Å²) >= 11 is 0. The number of carbonyl (C=O) groups excluding carboxylic acids is 2. The molecular formula is C19H23N5O2. The molecule has 7 nitrogen and oxygen atoms in total. The molecule has 2 aliphatic rings. The third-order valence-corrected chi connectivity index (χ3v) is 5.20. The van der Waals surface area contributed by atoms with Crippen LogP contribution in [-0.2, 0) is 11.3 Å².